The van der Waals surface area contributed by atoms with Crippen LogP contribution in [-0.4, -0.2) is 30.2 Å². The average Bonchev–Trinajstić information content (AvgIpc) is 3.21. The second-order valence-electron chi connectivity index (χ2n) is 4.76. The van der Waals surface area contributed by atoms with Crippen LogP contribution in [0.3, 0.4) is 0 Å². The van der Waals surface area contributed by atoms with E-state index in [0.717, 1.165) is 5.69 Å². The van der Waals surface area contributed by atoms with Crippen molar-refractivity contribution in [3.63, 3.8) is 0 Å². The van der Waals surface area contributed by atoms with Gasteiger partial charge in [0.2, 0.25) is 0 Å². The van der Waals surface area contributed by atoms with Crippen molar-refractivity contribution in [1.29, 1.82) is 0 Å². The lowest BCUT2D eigenvalue weighted by Gasteiger charge is -2.22. The van der Waals surface area contributed by atoms with Crippen LogP contribution in [0.25, 0.3) is 0 Å². The molecule has 2 amide bonds. The lowest BCUT2D eigenvalue weighted by atomic mass is 10.2. The molecule has 1 aliphatic rings. The van der Waals surface area contributed by atoms with E-state index in [-0.39, 0.29) is 19.0 Å². The molecule has 0 heterocycles. The van der Waals surface area contributed by atoms with Crippen LogP contribution in [0.1, 0.15) is 19.3 Å². The zero-order valence-corrected chi connectivity index (χ0v) is 10.7. The molecule has 0 bridgehead atoms. The monoisotopic (exact) mass is 262 g/mol. The SMILES string of the molecule is O=C(O)CCN(C(=O)NCC1CC1)c1ccccc1. The van der Waals surface area contributed by atoms with Crippen molar-refractivity contribution in [2.45, 2.75) is 19.3 Å². The van der Waals surface area contributed by atoms with Gasteiger partial charge in [-0.3, -0.25) is 9.69 Å². The summed E-state index contributed by atoms with van der Waals surface area (Å²) in [7, 11) is 0. The van der Waals surface area contributed by atoms with E-state index in [0.29, 0.717) is 12.5 Å². The number of nitrogens with zero attached hydrogens (tertiary/aromatic N) is 1. The predicted molar refractivity (Wildman–Crippen MR) is 72.2 cm³/mol. The Kier molecular flexibility index (Phi) is 4.39. The summed E-state index contributed by atoms with van der Waals surface area (Å²) >= 11 is 0. The maximum atomic E-state index is 12.1. The van der Waals surface area contributed by atoms with Crippen molar-refractivity contribution in [3.8, 4) is 0 Å². The summed E-state index contributed by atoms with van der Waals surface area (Å²) < 4.78 is 0. The predicted octanol–water partition coefficient (Wildman–Crippen LogP) is 2.09. The molecule has 1 fully saturated rings. The van der Waals surface area contributed by atoms with E-state index in [1.165, 1.54) is 17.7 Å². The quantitative estimate of drug-likeness (QED) is 0.824. The zero-order chi connectivity index (χ0) is 13.7. The van der Waals surface area contributed by atoms with E-state index in [4.69, 9.17) is 5.11 Å². The number of para-hydroxylation sites is 1. The molecule has 0 unspecified atom stereocenters. The Labute approximate surface area is 112 Å². The van der Waals surface area contributed by atoms with Gasteiger partial charge in [-0.05, 0) is 30.9 Å². The van der Waals surface area contributed by atoms with Crippen LogP contribution >= 0.6 is 0 Å². The van der Waals surface area contributed by atoms with Crippen molar-refractivity contribution < 1.29 is 14.7 Å². The number of carboxylic acid groups (broad SMARTS) is 1. The Bertz CT molecular complexity index is 443. The molecular formula is C14H18N2O3. The van der Waals surface area contributed by atoms with Crippen LogP contribution in [0.2, 0.25) is 0 Å². The first kappa shape index (κ1) is 13.4. The highest BCUT2D eigenvalue weighted by Gasteiger charge is 2.23. The third-order valence-corrected chi connectivity index (χ3v) is 3.10. The number of amides is 2. The molecule has 2 rings (SSSR count). The van der Waals surface area contributed by atoms with Crippen LogP contribution in [0, 0.1) is 5.92 Å². The number of rotatable bonds is 6. The number of carbonyl (C=O) groups is 2. The van der Waals surface area contributed by atoms with Gasteiger partial charge in [-0.1, -0.05) is 18.2 Å². The largest absolute Gasteiger partial charge is 0.481 e. The molecule has 1 saturated carbocycles. The Balaban J connectivity index is 1.99. The second-order valence-corrected chi connectivity index (χ2v) is 4.76. The number of benzene rings is 1. The zero-order valence-electron chi connectivity index (χ0n) is 10.7. The molecule has 102 valence electrons. The molecule has 5 nitrogen and oxygen atoms in total. The molecule has 5 heteroatoms. The molecular weight excluding hydrogens is 244 g/mol. The molecule has 19 heavy (non-hydrogen) atoms. The van der Waals surface area contributed by atoms with E-state index < -0.39 is 5.97 Å². The number of hydrogen-bond donors (Lipinski definition) is 2. The smallest absolute Gasteiger partial charge is 0.321 e. The first-order valence-electron chi connectivity index (χ1n) is 6.49. The summed E-state index contributed by atoms with van der Waals surface area (Å²) in [5.41, 5.74) is 0.719. The van der Waals surface area contributed by atoms with E-state index >= 15 is 0 Å². The van der Waals surface area contributed by atoms with Gasteiger partial charge < -0.3 is 10.4 Å². The van der Waals surface area contributed by atoms with Crippen molar-refractivity contribution in [2.24, 2.45) is 5.92 Å². The van der Waals surface area contributed by atoms with Crippen LogP contribution < -0.4 is 10.2 Å². The van der Waals surface area contributed by atoms with Gasteiger partial charge in [0.25, 0.3) is 0 Å². The average molecular weight is 262 g/mol. The number of hydrogen-bond acceptors (Lipinski definition) is 2. The number of urea groups is 1. The number of aliphatic carboxylic acids is 1. The highest BCUT2D eigenvalue weighted by molar-refractivity contribution is 5.92. The maximum Gasteiger partial charge on any atom is 0.321 e. The van der Waals surface area contributed by atoms with Crippen molar-refractivity contribution in [1.82, 2.24) is 5.32 Å². The first-order chi connectivity index (χ1) is 9.16. The van der Waals surface area contributed by atoms with Crippen LogP contribution in [0.15, 0.2) is 30.3 Å². The normalized spacial score (nSPS) is 13.9. The summed E-state index contributed by atoms with van der Waals surface area (Å²) in [4.78, 5) is 24.3. The van der Waals surface area contributed by atoms with Gasteiger partial charge in [0.15, 0.2) is 0 Å². The molecule has 2 N–H and O–H groups in total. The van der Waals surface area contributed by atoms with Crippen LogP contribution in [-0.2, 0) is 4.79 Å². The van der Waals surface area contributed by atoms with Gasteiger partial charge in [0.05, 0.1) is 6.42 Å². The fourth-order valence-corrected chi connectivity index (χ4v) is 1.81. The highest BCUT2D eigenvalue weighted by atomic mass is 16.4. The molecule has 0 aromatic heterocycles. The Morgan fingerprint density at radius 3 is 2.53 bits per heavy atom. The topological polar surface area (TPSA) is 69.6 Å². The molecule has 0 aliphatic heterocycles. The van der Waals surface area contributed by atoms with Gasteiger partial charge in [-0.2, -0.15) is 0 Å². The fourth-order valence-electron chi connectivity index (χ4n) is 1.81. The summed E-state index contributed by atoms with van der Waals surface area (Å²) in [5, 5.41) is 11.6. The van der Waals surface area contributed by atoms with Gasteiger partial charge in [0.1, 0.15) is 0 Å². The van der Waals surface area contributed by atoms with Crippen molar-refractivity contribution in [3.05, 3.63) is 30.3 Å². The van der Waals surface area contributed by atoms with Crippen LogP contribution in [0.4, 0.5) is 10.5 Å². The van der Waals surface area contributed by atoms with Crippen LogP contribution in [0.5, 0.6) is 0 Å². The van der Waals surface area contributed by atoms with Gasteiger partial charge in [0, 0.05) is 18.8 Å². The minimum Gasteiger partial charge on any atom is -0.481 e. The molecule has 0 atom stereocenters. The fraction of sp³-hybridized carbons (Fsp3) is 0.429. The van der Waals surface area contributed by atoms with E-state index in [1.807, 2.05) is 18.2 Å². The van der Waals surface area contributed by atoms with Gasteiger partial charge in [-0.25, -0.2) is 4.79 Å². The minimum absolute atomic E-state index is 0.0637. The van der Waals surface area contributed by atoms with E-state index in [1.54, 1.807) is 12.1 Å². The lowest BCUT2D eigenvalue weighted by molar-refractivity contribution is -0.136. The maximum absolute atomic E-state index is 12.1. The number of anilines is 1. The minimum atomic E-state index is -0.907. The number of carboxylic acids is 1. The molecule has 1 aromatic carbocycles. The summed E-state index contributed by atoms with van der Waals surface area (Å²) in [6.07, 6.45) is 2.27. The van der Waals surface area contributed by atoms with Crippen molar-refractivity contribution >= 4 is 17.7 Å². The van der Waals surface area contributed by atoms with E-state index in [9.17, 15) is 9.59 Å². The number of carbonyl (C=O) groups excluding carboxylic acids is 1. The third kappa shape index (κ3) is 4.28. The highest BCUT2D eigenvalue weighted by Crippen LogP contribution is 2.27. The van der Waals surface area contributed by atoms with Crippen molar-refractivity contribution in [2.75, 3.05) is 18.0 Å². The third-order valence-electron chi connectivity index (χ3n) is 3.10. The second kappa shape index (κ2) is 6.22. The molecule has 0 spiro atoms. The first-order valence-corrected chi connectivity index (χ1v) is 6.49. The number of nitrogens with one attached hydrogen (secondary N) is 1. The Morgan fingerprint density at radius 1 is 1.26 bits per heavy atom. The summed E-state index contributed by atoms with van der Waals surface area (Å²) in [6, 6.07) is 8.91. The summed E-state index contributed by atoms with van der Waals surface area (Å²) in [5.74, 6) is -0.308. The molecule has 1 aliphatic carbocycles. The Hall–Kier alpha value is -2.04. The molecule has 0 radical (unpaired) electrons. The van der Waals surface area contributed by atoms with Gasteiger partial charge in [-0.15, -0.1) is 0 Å². The molecule has 1 aromatic rings. The van der Waals surface area contributed by atoms with Gasteiger partial charge >= 0.3 is 12.0 Å². The molecule has 0 saturated heterocycles. The standard InChI is InChI=1S/C14H18N2O3/c17-13(18)8-9-16(12-4-2-1-3-5-12)14(19)15-10-11-6-7-11/h1-5,11H,6-10H2,(H,15,19)(H,17,18). The Morgan fingerprint density at radius 2 is 1.95 bits per heavy atom. The lowest BCUT2D eigenvalue weighted by Crippen LogP contribution is -2.42. The van der Waals surface area contributed by atoms with E-state index in [2.05, 4.69) is 5.32 Å². The summed E-state index contributed by atoms with van der Waals surface area (Å²) in [6.45, 7) is 0.852.